The van der Waals surface area contributed by atoms with Crippen LogP contribution in [0.5, 0.6) is 5.88 Å². The van der Waals surface area contributed by atoms with Crippen LogP contribution >= 0.6 is 0 Å². The molecule has 5 rings (SSSR count). The van der Waals surface area contributed by atoms with Crippen molar-refractivity contribution in [3.8, 4) is 17.3 Å². The zero-order valence-electron chi connectivity index (χ0n) is 21.1. The SMILES string of the molecule is CCS(=O)c1ccc(CNc2nc3cnc(-c4c(OC)ncnc4C4CC4)nc3n(C(C)C)c2=O)cn1. The molecule has 192 valence electrons. The van der Waals surface area contributed by atoms with Gasteiger partial charge in [-0.05, 0) is 38.3 Å². The summed E-state index contributed by atoms with van der Waals surface area (Å²) < 4.78 is 19.0. The van der Waals surface area contributed by atoms with Crippen LogP contribution in [0.3, 0.4) is 0 Å². The minimum Gasteiger partial charge on any atom is -0.480 e. The van der Waals surface area contributed by atoms with Gasteiger partial charge in [-0.2, -0.15) is 0 Å². The van der Waals surface area contributed by atoms with E-state index in [1.807, 2.05) is 26.8 Å². The average Bonchev–Trinajstić information content (AvgIpc) is 3.76. The lowest BCUT2D eigenvalue weighted by Gasteiger charge is -2.16. The second kappa shape index (κ2) is 10.3. The highest BCUT2D eigenvalue weighted by Crippen LogP contribution is 2.44. The van der Waals surface area contributed by atoms with Crippen molar-refractivity contribution in [2.75, 3.05) is 18.2 Å². The standard InChI is InChI=1S/C25H28N8O3S/c1-5-37(35)18-9-6-15(10-26-18)11-27-22-25(34)33(14(2)3)23-17(31-22)12-28-21(32-23)19-20(16-7-8-16)29-13-30-24(19)36-4/h6,9-10,12-14,16H,5,7-8,11H2,1-4H3,(H,27,31). The van der Waals surface area contributed by atoms with Crippen molar-refractivity contribution in [1.82, 2.24) is 34.5 Å². The second-order valence-electron chi connectivity index (χ2n) is 9.04. The van der Waals surface area contributed by atoms with E-state index in [0.717, 1.165) is 24.1 Å². The maximum atomic E-state index is 13.5. The quantitative estimate of drug-likeness (QED) is 0.350. The number of nitrogens with zero attached hydrogens (tertiary/aromatic N) is 7. The Morgan fingerprint density at radius 2 is 1.95 bits per heavy atom. The minimum absolute atomic E-state index is 0.178. The van der Waals surface area contributed by atoms with Crippen LogP contribution in [0.2, 0.25) is 0 Å². The predicted molar refractivity (Wildman–Crippen MR) is 140 cm³/mol. The molecule has 0 radical (unpaired) electrons. The highest BCUT2D eigenvalue weighted by molar-refractivity contribution is 7.84. The van der Waals surface area contributed by atoms with Gasteiger partial charge in [0, 0.05) is 30.5 Å². The van der Waals surface area contributed by atoms with E-state index in [9.17, 15) is 9.00 Å². The molecule has 1 unspecified atom stereocenters. The van der Waals surface area contributed by atoms with Crippen LogP contribution < -0.4 is 15.6 Å². The van der Waals surface area contributed by atoms with Crippen molar-refractivity contribution < 1.29 is 8.95 Å². The molecule has 1 atom stereocenters. The van der Waals surface area contributed by atoms with Crippen molar-refractivity contribution in [2.24, 2.45) is 0 Å². The summed E-state index contributed by atoms with van der Waals surface area (Å²) in [5.74, 6) is 1.84. The number of ether oxygens (including phenoxy) is 1. The van der Waals surface area contributed by atoms with Gasteiger partial charge in [0.2, 0.25) is 5.88 Å². The third kappa shape index (κ3) is 4.93. The van der Waals surface area contributed by atoms with E-state index in [4.69, 9.17) is 9.72 Å². The Morgan fingerprint density at radius 3 is 2.59 bits per heavy atom. The normalized spacial score (nSPS) is 14.2. The Bertz CT molecular complexity index is 1530. The van der Waals surface area contributed by atoms with E-state index in [1.165, 1.54) is 6.33 Å². The van der Waals surface area contributed by atoms with Crippen LogP contribution in [0.4, 0.5) is 5.82 Å². The molecule has 0 aromatic carbocycles. The van der Waals surface area contributed by atoms with Gasteiger partial charge in [0.1, 0.15) is 22.4 Å². The number of nitrogens with one attached hydrogen (secondary N) is 1. The smallest absolute Gasteiger partial charge is 0.295 e. The maximum absolute atomic E-state index is 13.5. The Morgan fingerprint density at radius 1 is 1.14 bits per heavy atom. The first kappa shape index (κ1) is 24.9. The van der Waals surface area contributed by atoms with Crippen molar-refractivity contribution in [2.45, 2.75) is 57.1 Å². The molecule has 0 saturated heterocycles. The van der Waals surface area contributed by atoms with Gasteiger partial charge in [-0.25, -0.2) is 29.9 Å². The summed E-state index contributed by atoms with van der Waals surface area (Å²) in [7, 11) is 0.443. The number of methoxy groups -OCH3 is 1. The third-order valence-corrected chi connectivity index (χ3v) is 7.36. The lowest BCUT2D eigenvalue weighted by atomic mass is 10.1. The van der Waals surface area contributed by atoms with E-state index in [-0.39, 0.29) is 17.4 Å². The molecular weight excluding hydrogens is 492 g/mol. The number of hydrogen-bond donors (Lipinski definition) is 1. The monoisotopic (exact) mass is 520 g/mol. The van der Waals surface area contributed by atoms with Gasteiger partial charge in [0.15, 0.2) is 17.3 Å². The van der Waals surface area contributed by atoms with E-state index in [0.29, 0.717) is 51.7 Å². The number of fused-ring (bicyclic) bond motifs is 1. The first-order valence-electron chi connectivity index (χ1n) is 12.2. The molecule has 12 heteroatoms. The Kier molecular flexibility index (Phi) is 6.92. The van der Waals surface area contributed by atoms with Gasteiger partial charge >= 0.3 is 0 Å². The fourth-order valence-corrected chi connectivity index (χ4v) is 4.80. The van der Waals surface area contributed by atoms with Gasteiger partial charge in [-0.1, -0.05) is 13.0 Å². The van der Waals surface area contributed by atoms with E-state index >= 15 is 0 Å². The molecule has 0 aliphatic heterocycles. The fourth-order valence-electron chi connectivity index (χ4n) is 4.11. The summed E-state index contributed by atoms with van der Waals surface area (Å²) in [5, 5.41) is 3.66. The largest absolute Gasteiger partial charge is 0.480 e. The molecule has 1 saturated carbocycles. The van der Waals surface area contributed by atoms with Crippen LogP contribution in [0.1, 0.15) is 56.8 Å². The zero-order chi connectivity index (χ0) is 26.1. The fraction of sp³-hybridized carbons (Fsp3) is 0.400. The number of rotatable bonds is 9. The molecule has 0 amide bonds. The molecule has 1 N–H and O–H groups in total. The van der Waals surface area contributed by atoms with Crippen molar-refractivity contribution in [1.29, 1.82) is 0 Å². The third-order valence-electron chi connectivity index (χ3n) is 6.12. The number of anilines is 1. The molecule has 4 heterocycles. The van der Waals surface area contributed by atoms with Crippen LogP contribution in [-0.2, 0) is 17.3 Å². The molecule has 4 aromatic heterocycles. The Hall–Kier alpha value is -3.80. The van der Waals surface area contributed by atoms with Crippen LogP contribution in [0.15, 0.2) is 40.7 Å². The summed E-state index contributed by atoms with van der Waals surface area (Å²) in [4.78, 5) is 40.3. The maximum Gasteiger partial charge on any atom is 0.295 e. The van der Waals surface area contributed by atoms with E-state index in [2.05, 4.69) is 30.2 Å². The molecule has 11 nitrogen and oxygen atoms in total. The van der Waals surface area contributed by atoms with Crippen molar-refractivity contribution in [3.63, 3.8) is 0 Å². The van der Waals surface area contributed by atoms with Gasteiger partial charge in [0.05, 0.1) is 29.8 Å². The summed E-state index contributed by atoms with van der Waals surface area (Å²) in [6.07, 6.45) is 6.85. The summed E-state index contributed by atoms with van der Waals surface area (Å²) in [6.45, 7) is 6.02. The first-order chi connectivity index (χ1) is 17.9. The summed E-state index contributed by atoms with van der Waals surface area (Å²) in [6, 6.07) is 3.40. The van der Waals surface area contributed by atoms with Gasteiger partial charge in [-0.15, -0.1) is 0 Å². The highest BCUT2D eigenvalue weighted by Gasteiger charge is 2.31. The minimum atomic E-state index is -1.11. The number of aromatic nitrogens is 7. The molecule has 0 spiro atoms. The Labute approximate surface area is 216 Å². The second-order valence-corrected chi connectivity index (χ2v) is 10.7. The van der Waals surface area contributed by atoms with Gasteiger partial charge in [-0.3, -0.25) is 13.6 Å². The van der Waals surface area contributed by atoms with Crippen LogP contribution in [0, 0.1) is 0 Å². The topological polar surface area (TPSA) is 138 Å². The van der Waals surface area contributed by atoms with Crippen LogP contribution in [-0.4, -0.2) is 51.5 Å². The van der Waals surface area contributed by atoms with Gasteiger partial charge in [0.25, 0.3) is 5.56 Å². The molecule has 1 fully saturated rings. The average molecular weight is 521 g/mol. The summed E-state index contributed by atoms with van der Waals surface area (Å²) in [5.41, 5.74) is 2.97. The van der Waals surface area contributed by atoms with Crippen LogP contribution in [0.25, 0.3) is 22.6 Å². The lowest BCUT2D eigenvalue weighted by Crippen LogP contribution is -2.27. The molecule has 1 aliphatic rings. The van der Waals surface area contributed by atoms with Crippen molar-refractivity contribution in [3.05, 3.63) is 52.5 Å². The number of pyridine rings is 1. The van der Waals surface area contributed by atoms with E-state index in [1.54, 1.807) is 30.1 Å². The Balaban J connectivity index is 1.52. The van der Waals surface area contributed by atoms with E-state index < -0.39 is 10.8 Å². The molecule has 4 aromatic rings. The lowest BCUT2D eigenvalue weighted by molar-refractivity contribution is 0.397. The first-order valence-corrected chi connectivity index (χ1v) is 13.5. The van der Waals surface area contributed by atoms with Crippen molar-refractivity contribution >= 4 is 27.8 Å². The molecular formula is C25H28N8O3S. The predicted octanol–water partition coefficient (Wildman–Crippen LogP) is 3.25. The van der Waals surface area contributed by atoms with Gasteiger partial charge < -0.3 is 10.1 Å². The molecule has 0 bridgehead atoms. The number of hydrogen-bond acceptors (Lipinski definition) is 10. The zero-order valence-corrected chi connectivity index (χ0v) is 21.9. The highest BCUT2D eigenvalue weighted by atomic mass is 32.2. The molecule has 37 heavy (non-hydrogen) atoms. The molecule has 1 aliphatic carbocycles. The summed E-state index contributed by atoms with van der Waals surface area (Å²) >= 11 is 0.